The average molecular weight is 390 g/mol. The topological polar surface area (TPSA) is 52.6 Å². The second-order valence-electron chi connectivity index (χ2n) is 8.13. The molecule has 0 amide bonds. The smallest absolute Gasteiger partial charge is 0.308 e. The van der Waals surface area contributed by atoms with Gasteiger partial charge in [-0.15, -0.1) is 0 Å². The number of esters is 2. The number of rotatable bonds is 4. The Morgan fingerprint density at radius 3 is 1.66 bits per heavy atom. The van der Waals surface area contributed by atoms with Crippen molar-refractivity contribution in [3.63, 3.8) is 0 Å². The van der Waals surface area contributed by atoms with Crippen molar-refractivity contribution >= 4 is 17.5 Å². The van der Waals surface area contributed by atoms with Gasteiger partial charge in [-0.2, -0.15) is 0 Å². The van der Waals surface area contributed by atoms with Gasteiger partial charge in [-0.3, -0.25) is 9.59 Å². The fourth-order valence-electron chi connectivity index (χ4n) is 5.02. The van der Waals surface area contributed by atoms with Gasteiger partial charge in [-0.25, -0.2) is 0 Å². The monoisotopic (exact) mass is 390 g/mol. The molecule has 2 fully saturated rings. The van der Waals surface area contributed by atoms with Gasteiger partial charge in [0.2, 0.25) is 0 Å². The lowest BCUT2D eigenvalue weighted by molar-refractivity contribution is -0.132. The number of allylic oxidation sites excluding steroid dienone is 1. The Labute approximate surface area is 171 Å². The predicted molar refractivity (Wildman–Crippen MR) is 112 cm³/mol. The van der Waals surface area contributed by atoms with E-state index in [2.05, 4.69) is 6.92 Å². The van der Waals surface area contributed by atoms with E-state index < -0.39 is 0 Å². The molecule has 2 aromatic rings. The zero-order valence-corrected chi connectivity index (χ0v) is 17.1. The summed E-state index contributed by atoms with van der Waals surface area (Å²) in [5, 5.41) is 0. The van der Waals surface area contributed by atoms with Crippen LogP contribution in [-0.2, 0) is 9.59 Å². The molecule has 2 saturated carbocycles. The molecule has 150 valence electrons. The van der Waals surface area contributed by atoms with Crippen molar-refractivity contribution in [3.05, 3.63) is 65.2 Å². The molecule has 0 saturated heterocycles. The molecule has 3 atom stereocenters. The predicted octanol–water partition coefficient (Wildman–Crippen LogP) is 5.41. The van der Waals surface area contributed by atoms with Gasteiger partial charge in [-0.05, 0) is 78.0 Å². The van der Waals surface area contributed by atoms with Crippen LogP contribution in [0.25, 0.3) is 5.57 Å². The molecule has 4 heteroatoms. The second kappa shape index (κ2) is 7.86. The highest BCUT2D eigenvalue weighted by molar-refractivity contribution is 5.84. The van der Waals surface area contributed by atoms with Gasteiger partial charge in [-0.1, -0.05) is 36.8 Å². The maximum Gasteiger partial charge on any atom is 0.308 e. The highest BCUT2D eigenvalue weighted by atomic mass is 16.5. The van der Waals surface area contributed by atoms with Crippen LogP contribution in [-0.4, -0.2) is 11.9 Å². The zero-order valence-electron chi connectivity index (χ0n) is 17.1. The quantitative estimate of drug-likeness (QED) is 0.518. The molecule has 0 heterocycles. The van der Waals surface area contributed by atoms with Crippen molar-refractivity contribution < 1.29 is 19.1 Å². The Balaban J connectivity index is 1.77. The maximum absolute atomic E-state index is 11.2. The van der Waals surface area contributed by atoms with E-state index in [0.717, 1.165) is 17.0 Å². The van der Waals surface area contributed by atoms with E-state index in [4.69, 9.17) is 9.47 Å². The highest BCUT2D eigenvalue weighted by Gasteiger charge is 2.42. The standard InChI is InChI=1S/C25H26O4/c1-15-20-4-5-21(14-20)24(15)25(18-6-10-22(11-7-18)28-16(2)26)19-8-12-23(13-9-19)29-17(3)27/h6-13,15,20-21H,4-5,14H2,1-3H3/t15-,20-,21+/m1/s1. The Morgan fingerprint density at radius 1 is 0.793 bits per heavy atom. The molecule has 2 aromatic carbocycles. The fraction of sp³-hybridized carbons (Fsp3) is 0.360. The van der Waals surface area contributed by atoms with E-state index in [1.807, 2.05) is 48.5 Å². The summed E-state index contributed by atoms with van der Waals surface area (Å²) in [4.78, 5) is 22.5. The minimum Gasteiger partial charge on any atom is -0.427 e. The van der Waals surface area contributed by atoms with Crippen molar-refractivity contribution in [2.24, 2.45) is 17.8 Å². The molecular weight excluding hydrogens is 364 g/mol. The Bertz CT molecular complexity index is 888. The third kappa shape index (κ3) is 3.98. The SMILES string of the molecule is CC(=O)Oc1ccc(C(=C2[C@H]3CC[C@H](C3)[C@H]2C)c2ccc(OC(C)=O)cc2)cc1. The number of carbonyl (C=O) groups is 2. The van der Waals surface area contributed by atoms with Crippen molar-refractivity contribution in [2.75, 3.05) is 0 Å². The van der Waals surface area contributed by atoms with E-state index in [9.17, 15) is 9.59 Å². The van der Waals surface area contributed by atoms with Crippen LogP contribution in [0.4, 0.5) is 0 Å². The zero-order chi connectivity index (χ0) is 20.5. The van der Waals surface area contributed by atoms with E-state index in [1.165, 1.54) is 44.3 Å². The Kier molecular flexibility index (Phi) is 5.27. The summed E-state index contributed by atoms with van der Waals surface area (Å²) in [5.41, 5.74) is 5.03. The summed E-state index contributed by atoms with van der Waals surface area (Å²) in [6, 6.07) is 15.5. The summed E-state index contributed by atoms with van der Waals surface area (Å²) in [6.07, 6.45) is 3.85. The van der Waals surface area contributed by atoms with E-state index >= 15 is 0 Å². The number of hydrogen-bond donors (Lipinski definition) is 0. The van der Waals surface area contributed by atoms with Crippen molar-refractivity contribution in [3.8, 4) is 11.5 Å². The lowest BCUT2D eigenvalue weighted by Gasteiger charge is -2.26. The first kappa shape index (κ1) is 19.4. The summed E-state index contributed by atoms with van der Waals surface area (Å²) in [5.74, 6) is 2.42. The van der Waals surface area contributed by atoms with Crippen molar-refractivity contribution in [2.45, 2.75) is 40.0 Å². The molecule has 0 aromatic heterocycles. The molecule has 2 aliphatic rings. The lowest BCUT2D eigenvalue weighted by atomic mass is 9.79. The first-order chi connectivity index (χ1) is 13.9. The van der Waals surface area contributed by atoms with Crippen LogP contribution in [0.2, 0.25) is 0 Å². The molecule has 0 spiro atoms. The highest BCUT2D eigenvalue weighted by Crippen LogP contribution is 2.55. The number of hydrogen-bond acceptors (Lipinski definition) is 4. The normalized spacial score (nSPS) is 22.4. The second-order valence-corrected chi connectivity index (χ2v) is 8.13. The first-order valence-electron chi connectivity index (χ1n) is 10.2. The van der Waals surface area contributed by atoms with Crippen LogP contribution < -0.4 is 9.47 Å². The summed E-state index contributed by atoms with van der Waals surface area (Å²) in [7, 11) is 0. The first-order valence-corrected chi connectivity index (χ1v) is 10.2. The van der Waals surface area contributed by atoms with Gasteiger partial charge < -0.3 is 9.47 Å². The van der Waals surface area contributed by atoms with Crippen LogP contribution in [0, 0.1) is 17.8 Å². The molecule has 0 unspecified atom stereocenters. The molecule has 29 heavy (non-hydrogen) atoms. The van der Waals surface area contributed by atoms with Crippen LogP contribution >= 0.6 is 0 Å². The molecule has 4 nitrogen and oxygen atoms in total. The fourth-order valence-corrected chi connectivity index (χ4v) is 5.02. The number of fused-ring (bicyclic) bond motifs is 2. The summed E-state index contributed by atoms with van der Waals surface area (Å²) < 4.78 is 10.4. The molecule has 2 aliphatic carbocycles. The molecule has 0 N–H and O–H groups in total. The van der Waals surface area contributed by atoms with E-state index in [0.29, 0.717) is 23.3 Å². The molecule has 4 rings (SSSR count). The molecule has 0 radical (unpaired) electrons. The van der Waals surface area contributed by atoms with Crippen LogP contribution in [0.5, 0.6) is 11.5 Å². The van der Waals surface area contributed by atoms with E-state index in [-0.39, 0.29) is 11.9 Å². The van der Waals surface area contributed by atoms with Gasteiger partial charge in [0.25, 0.3) is 0 Å². The van der Waals surface area contributed by atoms with E-state index in [1.54, 1.807) is 0 Å². The van der Waals surface area contributed by atoms with Gasteiger partial charge in [0.05, 0.1) is 0 Å². The maximum atomic E-state index is 11.2. The summed E-state index contributed by atoms with van der Waals surface area (Å²) >= 11 is 0. The van der Waals surface area contributed by atoms with Crippen molar-refractivity contribution in [1.29, 1.82) is 0 Å². The van der Waals surface area contributed by atoms with Crippen LogP contribution in [0.15, 0.2) is 54.1 Å². The van der Waals surface area contributed by atoms with Gasteiger partial charge in [0.1, 0.15) is 11.5 Å². The third-order valence-electron chi connectivity index (χ3n) is 6.21. The molecule has 0 aliphatic heterocycles. The van der Waals surface area contributed by atoms with Crippen LogP contribution in [0.3, 0.4) is 0 Å². The Morgan fingerprint density at radius 2 is 1.28 bits per heavy atom. The number of benzene rings is 2. The number of ether oxygens (including phenoxy) is 2. The minimum absolute atomic E-state index is 0.320. The minimum atomic E-state index is -0.320. The molecular formula is C25H26O4. The van der Waals surface area contributed by atoms with Gasteiger partial charge in [0, 0.05) is 13.8 Å². The number of carbonyl (C=O) groups excluding carboxylic acids is 2. The lowest BCUT2D eigenvalue weighted by Crippen LogP contribution is -2.12. The van der Waals surface area contributed by atoms with Crippen molar-refractivity contribution in [1.82, 2.24) is 0 Å². The third-order valence-corrected chi connectivity index (χ3v) is 6.21. The summed E-state index contributed by atoms with van der Waals surface area (Å²) in [6.45, 7) is 5.16. The largest absolute Gasteiger partial charge is 0.427 e. The van der Waals surface area contributed by atoms with Gasteiger partial charge >= 0.3 is 11.9 Å². The van der Waals surface area contributed by atoms with Crippen LogP contribution in [0.1, 0.15) is 51.2 Å². The van der Waals surface area contributed by atoms with Gasteiger partial charge in [0.15, 0.2) is 0 Å². The average Bonchev–Trinajstić information content (AvgIpc) is 3.26. The Hall–Kier alpha value is -2.88. The molecule has 2 bridgehead atoms.